The number of furan rings is 2. The molecule has 0 saturated carbocycles. The molecule has 9 nitrogen and oxygen atoms in total. The Morgan fingerprint density at radius 3 is 2.69 bits per heavy atom. The predicted octanol–water partition coefficient (Wildman–Crippen LogP) is 2.37. The highest BCUT2D eigenvalue weighted by Crippen LogP contribution is 2.24. The summed E-state index contributed by atoms with van der Waals surface area (Å²) in [7, 11) is 0. The van der Waals surface area contributed by atoms with E-state index in [9.17, 15) is 9.59 Å². The summed E-state index contributed by atoms with van der Waals surface area (Å²) in [6, 6.07) is 9.58. The van der Waals surface area contributed by atoms with Gasteiger partial charge in [0, 0.05) is 17.8 Å². The second-order valence-electron chi connectivity index (χ2n) is 5.45. The normalized spacial score (nSPS) is 10.8. The largest absolute Gasteiger partial charge is 0.463 e. The third kappa shape index (κ3) is 2.93. The number of anilines is 1. The van der Waals surface area contributed by atoms with Crippen molar-refractivity contribution in [3.63, 3.8) is 0 Å². The molecule has 0 unspecified atom stereocenters. The second-order valence-corrected chi connectivity index (χ2v) is 5.45. The summed E-state index contributed by atoms with van der Waals surface area (Å²) in [5, 5.41) is 7.08. The van der Waals surface area contributed by atoms with Gasteiger partial charge < -0.3 is 14.2 Å². The Morgan fingerprint density at radius 1 is 1.19 bits per heavy atom. The van der Waals surface area contributed by atoms with E-state index in [1.54, 1.807) is 31.2 Å². The molecule has 0 aliphatic heterocycles. The van der Waals surface area contributed by atoms with Crippen LogP contribution in [0.3, 0.4) is 0 Å². The van der Waals surface area contributed by atoms with Crippen LogP contribution in [0.15, 0.2) is 62.6 Å². The number of carbonyl (C=O) groups excluding carboxylic acids is 1. The van der Waals surface area contributed by atoms with Gasteiger partial charge >= 0.3 is 0 Å². The highest BCUT2D eigenvalue weighted by molar-refractivity contribution is 6.02. The number of amides is 1. The predicted molar refractivity (Wildman–Crippen MR) is 91.1 cm³/mol. The van der Waals surface area contributed by atoms with Crippen molar-refractivity contribution >= 4 is 11.7 Å². The van der Waals surface area contributed by atoms with Gasteiger partial charge in [0.1, 0.15) is 11.5 Å². The molecular formula is C17H13N5O4. The Labute approximate surface area is 146 Å². The van der Waals surface area contributed by atoms with Gasteiger partial charge in [-0.25, -0.2) is 4.98 Å². The van der Waals surface area contributed by atoms with Crippen molar-refractivity contribution in [2.24, 2.45) is 0 Å². The fourth-order valence-corrected chi connectivity index (χ4v) is 2.43. The van der Waals surface area contributed by atoms with Crippen molar-refractivity contribution in [2.75, 3.05) is 5.32 Å². The average molecular weight is 351 g/mol. The van der Waals surface area contributed by atoms with Crippen LogP contribution in [0.4, 0.5) is 5.82 Å². The number of aromatic amines is 1. The lowest BCUT2D eigenvalue weighted by molar-refractivity contribution is 0.0996. The van der Waals surface area contributed by atoms with E-state index in [4.69, 9.17) is 8.83 Å². The molecule has 0 radical (unpaired) electrons. The number of aromatic nitrogens is 4. The van der Waals surface area contributed by atoms with E-state index in [0.717, 1.165) is 0 Å². The number of hydrogen-bond donors (Lipinski definition) is 2. The SMILES string of the molecule is Cc1cc(=O)[nH]c(-n2nc(-c3ccco3)cc2NC(=O)c2ccco2)n1. The lowest BCUT2D eigenvalue weighted by atomic mass is 10.3. The maximum Gasteiger partial charge on any atom is 0.292 e. The third-order valence-electron chi connectivity index (χ3n) is 3.53. The van der Waals surface area contributed by atoms with E-state index in [1.807, 2.05) is 0 Å². The summed E-state index contributed by atoms with van der Waals surface area (Å²) in [5.41, 5.74) is 0.655. The molecule has 4 rings (SSSR count). The Bertz CT molecular complexity index is 1110. The standard InChI is InChI=1S/C17H13N5O4/c1-10-8-15(23)20-17(18-10)22-14(19-16(24)13-5-3-7-26-13)9-11(21-22)12-4-2-6-25-12/h2-9H,1H3,(H,19,24)(H,18,20,23). The van der Waals surface area contributed by atoms with Crippen molar-refractivity contribution in [3.05, 3.63) is 70.7 Å². The molecule has 4 heterocycles. The minimum absolute atomic E-state index is 0.142. The molecule has 0 aliphatic rings. The Morgan fingerprint density at radius 2 is 2.00 bits per heavy atom. The molecule has 9 heteroatoms. The zero-order valence-electron chi connectivity index (χ0n) is 13.6. The molecule has 26 heavy (non-hydrogen) atoms. The van der Waals surface area contributed by atoms with E-state index in [-0.39, 0.29) is 17.3 Å². The highest BCUT2D eigenvalue weighted by atomic mass is 16.3. The lowest BCUT2D eigenvalue weighted by Crippen LogP contribution is -2.18. The van der Waals surface area contributed by atoms with Gasteiger partial charge in [-0.3, -0.25) is 14.6 Å². The van der Waals surface area contributed by atoms with E-state index in [0.29, 0.717) is 23.0 Å². The van der Waals surface area contributed by atoms with Crippen LogP contribution in [0.1, 0.15) is 16.2 Å². The molecule has 0 saturated heterocycles. The fourth-order valence-electron chi connectivity index (χ4n) is 2.43. The Kier molecular flexibility index (Phi) is 3.73. The molecule has 130 valence electrons. The first-order chi connectivity index (χ1) is 12.6. The van der Waals surface area contributed by atoms with Gasteiger partial charge in [0.15, 0.2) is 11.5 Å². The minimum Gasteiger partial charge on any atom is -0.463 e. The number of carbonyl (C=O) groups is 1. The molecule has 4 aromatic heterocycles. The Hall–Kier alpha value is -3.88. The first-order valence-electron chi connectivity index (χ1n) is 7.67. The van der Waals surface area contributed by atoms with Gasteiger partial charge in [0.25, 0.3) is 11.5 Å². The number of aryl methyl sites for hydroxylation is 1. The van der Waals surface area contributed by atoms with Crippen LogP contribution in [-0.2, 0) is 0 Å². The van der Waals surface area contributed by atoms with Gasteiger partial charge in [-0.15, -0.1) is 0 Å². The van der Waals surface area contributed by atoms with E-state index < -0.39 is 5.91 Å². The van der Waals surface area contributed by atoms with Crippen LogP contribution in [0.2, 0.25) is 0 Å². The van der Waals surface area contributed by atoms with Gasteiger partial charge in [-0.05, 0) is 31.2 Å². The van der Waals surface area contributed by atoms with Crippen molar-refractivity contribution in [1.29, 1.82) is 0 Å². The molecule has 0 atom stereocenters. The van der Waals surface area contributed by atoms with Crippen LogP contribution in [0, 0.1) is 6.92 Å². The lowest BCUT2D eigenvalue weighted by Gasteiger charge is -2.07. The van der Waals surface area contributed by atoms with E-state index in [2.05, 4.69) is 20.4 Å². The molecule has 0 spiro atoms. The number of hydrogen-bond acceptors (Lipinski definition) is 6. The summed E-state index contributed by atoms with van der Waals surface area (Å²) in [6.07, 6.45) is 2.92. The molecule has 0 bridgehead atoms. The molecule has 2 N–H and O–H groups in total. The van der Waals surface area contributed by atoms with Crippen LogP contribution in [0.25, 0.3) is 17.4 Å². The fraction of sp³-hybridized carbons (Fsp3) is 0.0588. The van der Waals surface area contributed by atoms with Crippen LogP contribution < -0.4 is 10.9 Å². The monoisotopic (exact) mass is 351 g/mol. The molecule has 4 aromatic rings. The van der Waals surface area contributed by atoms with Crippen molar-refractivity contribution in [2.45, 2.75) is 6.92 Å². The van der Waals surface area contributed by atoms with Crippen LogP contribution >= 0.6 is 0 Å². The highest BCUT2D eigenvalue weighted by Gasteiger charge is 2.18. The first kappa shape index (κ1) is 15.6. The molecule has 0 aliphatic carbocycles. The average Bonchev–Trinajstić information content (AvgIpc) is 3.35. The van der Waals surface area contributed by atoms with Gasteiger partial charge in [0.05, 0.1) is 12.5 Å². The second kappa shape index (κ2) is 6.20. The maximum atomic E-state index is 12.3. The first-order valence-corrected chi connectivity index (χ1v) is 7.67. The summed E-state index contributed by atoms with van der Waals surface area (Å²) in [5.74, 6) is 0.654. The maximum absolute atomic E-state index is 12.3. The van der Waals surface area contributed by atoms with Gasteiger partial charge in [-0.2, -0.15) is 9.78 Å². The number of nitrogens with zero attached hydrogens (tertiary/aromatic N) is 3. The quantitative estimate of drug-likeness (QED) is 0.582. The topological polar surface area (TPSA) is 119 Å². The van der Waals surface area contributed by atoms with Gasteiger partial charge in [-0.1, -0.05) is 0 Å². The molecular weight excluding hydrogens is 338 g/mol. The zero-order chi connectivity index (χ0) is 18.1. The molecule has 1 amide bonds. The smallest absolute Gasteiger partial charge is 0.292 e. The van der Waals surface area contributed by atoms with Crippen LogP contribution in [-0.4, -0.2) is 25.7 Å². The summed E-state index contributed by atoms with van der Waals surface area (Å²) in [4.78, 5) is 31.0. The zero-order valence-corrected chi connectivity index (χ0v) is 13.6. The van der Waals surface area contributed by atoms with E-state index >= 15 is 0 Å². The van der Waals surface area contributed by atoms with Crippen molar-refractivity contribution < 1.29 is 13.6 Å². The van der Waals surface area contributed by atoms with Crippen LogP contribution in [0.5, 0.6) is 0 Å². The third-order valence-corrected chi connectivity index (χ3v) is 3.53. The van der Waals surface area contributed by atoms with Gasteiger partial charge in [0.2, 0.25) is 5.95 Å². The summed E-state index contributed by atoms with van der Waals surface area (Å²) in [6.45, 7) is 1.69. The van der Waals surface area contributed by atoms with Crippen molar-refractivity contribution in [1.82, 2.24) is 19.7 Å². The summed E-state index contributed by atoms with van der Waals surface area (Å²) < 4.78 is 11.8. The van der Waals surface area contributed by atoms with E-state index in [1.165, 1.54) is 29.3 Å². The van der Waals surface area contributed by atoms with Crippen molar-refractivity contribution in [3.8, 4) is 17.4 Å². The summed E-state index contributed by atoms with van der Waals surface area (Å²) >= 11 is 0. The molecule has 0 fully saturated rings. The number of H-pyrrole nitrogens is 1. The minimum atomic E-state index is -0.461. The Balaban J connectivity index is 1.80. The number of nitrogens with one attached hydrogen (secondary N) is 2. The molecule has 0 aromatic carbocycles. The number of rotatable bonds is 4.